The zero-order valence-corrected chi connectivity index (χ0v) is 11.7. The molecule has 2 rings (SSSR count). The molecule has 17 heavy (non-hydrogen) atoms. The average molecular weight is 301 g/mol. The van der Waals surface area contributed by atoms with E-state index in [-0.39, 0.29) is 12.0 Å². The molecule has 0 unspecified atom stereocenters. The Kier molecular flexibility index (Phi) is 3.64. The molecule has 1 heterocycles. The van der Waals surface area contributed by atoms with Crippen LogP contribution in [0.3, 0.4) is 0 Å². The van der Waals surface area contributed by atoms with Crippen LogP contribution in [0.25, 0.3) is 0 Å². The summed E-state index contributed by atoms with van der Waals surface area (Å²) in [6, 6.07) is 3.86. The second-order valence-corrected chi connectivity index (χ2v) is 5.96. The first kappa shape index (κ1) is 12.7. The number of ether oxygens (including phenoxy) is 2. The van der Waals surface area contributed by atoms with Gasteiger partial charge >= 0.3 is 0 Å². The van der Waals surface area contributed by atoms with Crippen LogP contribution < -0.4 is 9.47 Å². The molecule has 1 aromatic carbocycles. The van der Waals surface area contributed by atoms with Crippen molar-refractivity contribution >= 4 is 15.9 Å². The minimum absolute atomic E-state index is 0.0165. The van der Waals surface area contributed by atoms with Crippen LogP contribution in [0.5, 0.6) is 11.5 Å². The number of hydrogen-bond acceptors (Lipinski definition) is 3. The lowest BCUT2D eigenvalue weighted by Crippen LogP contribution is -2.26. The van der Waals surface area contributed by atoms with Crippen LogP contribution in [-0.2, 0) is 6.42 Å². The van der Waals surface area contributed by atoms with Crippen molar-refractivity contribution in [2.45, 2.75) is 20.3 Å². The maximum atomic E-state index is 8.99. The van der Waals surface area contributed by atoms with Crippen LogP contribution in [0.2, 0.25) is 0 Å². The first-order chi connectivity index (χ1) is 8.02. The van der Waals surface area contributed by atoms with E-state index < -0.39 is 0 Å². The van der Waals surface area contributed by atoms with Gasteiger partial charge in [-0.15, -0.1) is 0 Å². The SMILES string of the molecule is CC1(C)COc2cc(Br)c(CCO)cc2OC1. The average Bonchev–Trinajstić information content (AvgIpc) is 2.40. The lowest BCUT2D eigenvalue weighted by Gasteiger charge is -2.19. The van der Waals surface area contributed by atoms with E-state index in [1.54, 1.807) is 0 Å². The molecule has 0 radical (unpaired) electrons. The molecule has 3 nitrogen and oxygen atoms in total. The highest BCUT2D eigenvalue weighted by atomic mass is 79.9. The summed E-state index contributed by atoms with van der Waals surface area (Å²) in [5.74, 6) is 1.53. The molecule has 4 heteroatoms. The molecule has 1 aliphatic rings. The number of halogens is 1. The Morgan fingerprint density at radius 1 is 1.24 bits per heavy atom. The van der Waals surface area contributed by atoms with E-state index in [0.717, 1.165) is 21.5 Å². The van der Waals surface area contributed by atoms with Crippen molar-refractivity contribution in [3.05, 3.63) is 22.2 Å². The number of hydrogen-bond donors (Lipinski definition) is 1. The van der Waals surface area contributed by atoms with Gasteiger partial charge < -0.3 is 14.6 Å². The van der Waals surface area contributed by atoms with Crippen LogP contribution in [0.15, 0.2) is 16.6 Å². The monoisotopic (exact) mass is 300 g/mol. The molecule has 94 valence electrons. The molecule has 1 N–H and O–H groups in total. The molecule has 0 fully saturated rings. The van der Waals surface area contributed by atoms with Crippen molar-refractivity contribution in [3.63, 3.8) is 0 Å². The molecule has 0 saturated carbocycles. The Labute approximate surface area is 110 Å². The summed E-state index contributed by atoms with van der Waals surface area (Å²) >= 11 is 3.48. The third-order valence-electron chi connectivity index (χ3n) is 2.73. The van der Waals surface area contributed by atoms with Crippen LogP contribution in [0, 0.1) is 5.41 Å². The summed E-state index contributed by atoms with van der Waals surface area (Å²) in [5.41, 5.74) is 1.05. The topological polar surface area (TPSA) is 38.7 Å². The van der Waals surface area contributed by atoms with Gasteiger partial charge in [0.1, 0.15) is 0 Å². The van der Waals surface area contributed by atoms with Gasteiger partial charge in [-0.3, -0.25) is 0 Å². The number of aliphatic hydroxyl groups is 1. The number of aliphatic hydroxyl groups excluding tert-OH is 1. The summed E-state index contributed by atoms with van der Waals surface area (Å²) < 4.78 is 12.5. The summed E-state index contributed by atoms with van der Waals surface area (Å²) in [7, 11) is 0. The summed E-state index contributed by atoms with van der Waals surface area (Å²) in [6.45, 7) is 5.64. The normalized spacial score (nSPS) is 17.6. The van der Waals surface area contributed by atoms with E-state index in [9.17, 15) is 0 Å². The Balaban J connectivity index is 2.31. The van der Waals surface area contributed by atoms with E-state index in [2.05, 4.69) is 29.8 Å². The van der Waals surface area contributed by atoms with Gasteiger partial charge in [0.25, 0.3) is 0 Å². The Morgan fingerprint density at radius 3 is 2.41 bits per heavy atom. The van der Waals surface area contributed by atoms with Crippen LogP contribution in [-0.4, -0.2) is 24.9 Å². The van der Waals surface area contributed by atoms with Gasteiger partial charge in [-0.2, -0.15) is 0 Å². The molecule has 0 bridgehead atoms. The highest BCUT2D eigenvalue weighted by molar-refractivity contribution is 9.10. The van der Waals surface area contributed by atoms with Crippen molar-refractivity contribution in [2.75, 3.05) is 19.8 Å². The first-order valence-electron chi connectivity index (χ1n) is 5.71. The van der Waals surface area contributed by atoms with E-state index in [1.165, 1.54) is 0 Å². The standard InChI is InChI=1S/C13H17BrO3/c1-13(2)7-16-11-5-9(3-4-15)10(14)6-12(11)17-8-13/h5-6,15H,3-4,7-8H2,1-2H3. The maximum Gasteiger partial charge on any atom is 0.162 e. The number of benzene rings is 1. The molecule has 0 aromatic heterocycles. The van der Waals surface area contributed by atoms with Gasteiger partial charge in [-0.1, -0.05) is 29.8 Å². The van der Waals surface area contributed by atoms with Crippen LogP contribution in [0.1, 0.15) is 19.4 Å². The fourth-order valence-corrected chi connectivity index (χ4v) is 2.22. The Bertz CT molecular complexity index is 415. The zero-order valence-electron chi connectivity index (χ0n) is 10.1. The molecule has 0 saturated heterocycles. The first-order valence-corrected chi connectivity index (χ1v) is 6.50. The Morgan fingerprint density at radius 2 is 1.82 bits per heavy atom. The van der Waals surface area contributed by atoms with Crippen molar-refractivity contribution in [2.24, 2.45) is 5.41 Å². The van der Waals surface area contributed by atoms with Crippen LogP contribution in [0.4, 0.5) is 0 Å². The molecular formula is C13H17BrO3. The highest BCUT2D eigenvalue weighted by Gasteiger charge is 2.25. The smallest absolute Gasteiger partial charge is 0.162 e. The fourth-order valence-electron chi connectivity index (χ4n) is 1.70. The minimum Gasteiger partial charge on any atom is -0.489 e. The second kappa shape index (κ2) is 4.86. The second-order valence-electron chi connectivity index (χ2n) is 5.11. The zero-order chi connectivity index (χ0) is 12.5. The van der Waals surface area contributed by atoms with Gasteiger partial charge in [0, 0.05) is 16.5 Å². The van der Waals surface area contributed by atoms with Crippen molar-refractivity contribution in [1.82, 2.24) is 0 Å². The third-order valence-corrected chi connectivity index (χ3v) is 3.47. The number of fused-ring (bicyclic) bond motifs is 1. The highest BCUT2D eigenvalue weighted by Crippen LogP contribution is 2.37. The van der Waals surface area contributed by atoms with Crippen molar-refractivity contribution < 1.29 is 14.6 Å². The molecule has 0 aliphatic carbocycles. The summed E-state index contributed by atoms with van der Waals surface area (Å²) in [4.78, 5) is 0. The van der Waals surface area contributed by atoms with Gasteiger partial charge in [-0.05, 0) is 24.1 Å². The molecule has 1 aromatic rings. The largest absolute Gasteiger partial charge is 0.489 e. The van der Waals surface area contributed by atoms with Gasteiger partial charge in [0.05, 0.1) is 13.2 Å². The molecule has 0 atom stereocenters. The molecule has 1 aliphatic heterocycles. The predicted octanol–water partition coefficient (Wildman–Crippen LogP) is 2.78. The van der Waals surface area contributed by atoms with Crippen LogP contribution >= 0.6 is 15.9 Å². The van der Waals surface area contributed by atoms with E-state index >= 15 is 0 Å². The number of rotatable bonds is 2. The summed E-state index contributed by atoms with van der Waals surface area (Å²) in [6.07, 6.45) is 0.612. The van der Waals surface area contributed by atoms with Crippen molar-refractivity contribution in [3.8, 4) is 11.5 Å². The van der Waals surface area contributed by atoms with Gasteiger partial charge in [0.15, 0.2) is 11.5 Å². The molecular weight excluding hydrogens is 284 g/mol. The minimum atomic E-state index is 0.0165. The van der Waals surface area contributed by atoms with Crippen molar-refractivity contribution in [1.29, 1.82) is 0 Å². The lowest BCUT2D eigenvalue weighted by molar-refractivity contribution is 0.140. The van der Waals surface area contributed by atoms with E-state index in [1.807, 2.05) is 12.1 Å². The van der Waals surface area contributed by atoms with E-state index in [4.69, 9.17) is 14.6 Å². The van der Waals surface area contributed by atoms with Gasteiger partial charge in [-0.25, -0.2) is 0 Å². The Hall–Kier alpha value is -0.740. The van der Waals surface area contributed by atoms with Gasteiger partial charge in [0.2, 0.25) is 0 Å². The summed E-state index contributed by atoms with van der Waals surface area (Å²) in [5, 5.41) is 8.99. The molecule has 0 amide bonds. The van der Waals surface area contributed by atoms with E-state index in [0.29, 0.717) is 19.6 Å². The fraction of sp³-hybridized carbons (Fsp3) is 0.538. The maximum absolute atomic E-state index is 8.99. The lowest BCUT2D eigenvalue weighted by atomic mass is 9.97. The molecule has 0 spiro atoms. The predicted molar refractivity (Wildman–Crippen MR) is 69.7 cm³/mol. The third kappa shape index (κ3) is 2.93. The quantitative estimate of drug-likeness (QED) is 0.913.